The molecule has 0 aliphatic carbocycles. The Morgan fingerprint density at radius 2 is 2.11 bits per heavy atom. The normalized spacial score (nSPS) is 23.6. The molecule has 1 amide bonds. The third-order valence-electron chi connectivity index (χ3n) is 3.08. The molecule has 0 aromatic rings. The number of nitrogens with zero attached hydrogens (tertiary/aromatic N) is 2. The molecule has 0 unspecified atom stereocenters. The molecular weight excluding hydrogens is 248 g/mol. The summed E-state index contributed by atoms with van der Waals surface area (Å²) in [6, 6.07) is 2.01. The molecular formula is C13H20N2O4. The second-order valence-corrected chi connectivity index (χ2v) is 5.78. The molecule has 106 valence electrons. The number of ether oxygens (including phenoxy) is 1. The lowest BCUT2D eigenvalue weighted by molar-refractivity contribution is -0.145. The predicted molar refractivity (Wildman–Crippen MR) is 67.3 cm³/mol. The Labute approximate surface area is 112 Å². The first kappa shape index (κ1) is 15.3. The average molecular weight is 268 g/mol. The minimum absolute atomic E-state index is 0.108. The zero-order valence-corrected chi connectivity index (χ0v) is 11.5. The van der Waals surface area contributed by atoms with Crippen molar-refractivity contribution in [3.63, 3.8) is 0 Å². The van der Waals surface area contributed by atoms with Gasteiger partial charge in [0.1, 0.15) is 5.60 Å². The van der Waals surface area contributed by atoms with Crippen LogP contribution in [0.4, 0.5) is 4.79 Å². The number of hydrogen-bond acceptors (Lipinski definition) is 4. The fraction of sp³-hybridized carbons (Fsp3) is 0.769. The van der Waals surface area contributed by atoms with Crippen LogP contribution in [0.25, 0.3) is 0 Å². The number of carbonyl (C=O) groups excluding carboxylic acids is 1. The van der Waals surface area contributed by atoms with Gasteiger partial charge in [0, 0.05) is 19.5 Å². The molecule has 1 rings (SSSR count). The number of nitriles is 1. The standard InChI is InChI=1S/C13H20N2O4/c1-13(2,3)19-12(18)15-7-5-9(4-6-14)10(8-15)11(16)17/h9-10H,4-5,7-8H2,1-3H3,(H,16,17)/t9-,10+/m1/s1. The Bertz CT molecular complexity index is 394. The lowest BCUT2D eigenvalue weighted by Gasteiger charge is -2.36. The fourth-order valence-electron chi connectivity index (χ4n) is 2.13. The van der Waals surface area contributed by atoms with Gasteiger partial charge in [-0.15, -0.1) is 0 Å². The predicted octanol–water partition coefficient (Wildman–Crippen LogP) is 1.86. The van der Waals surface area contributed by atoms with Gasteiger partial charge in [-0.05, 0) is 33.1 Å². The molecule has 1 heterocycles. The molecule has 6 nitrogen and oxygen atoms in total. The van der Waals surface area contributed by atoms with Crippen LogP contribution in [0.1, 0.15) is 33.6 Å². The van der Waals surface area contributed by atoms with E-state index in [0.29, 0.717) is 13.0 Å². The summed E-state index contributed by atoms with van der Waals surface area (Å²) in [5, 5.41) is 17.9. The highest BCUT2D eigenvalue weighted by molar-refractivity contribution is 5.73. The molecule has 1 N–H and O–H groups in total. The summed E-state index contributed by atoms with van der Waals surface area (Å²) >= 11 is 0. The molecule has 1 aliphatic rings. The van der Waals surface area contributed by atoms with Crippen molar-refractivity contribution in [2.24, 2.45) is 11.8 Å². The fourth-order valence-corrected chi connectivity index (χ4v) is 2.13. The summed E-state index contributed by atoms with van der Waals surface area (Å²) in [4.78, 5) is 24.5. The van der Waals surface area contributed by atoms with E-state index in [0.717, 1.165) is 0 Å². The van der Waals surface area contributed by atoms with E-state index in [1.165, 1.54) is 4.90 Å². The Morgan fingerprint density at radius 3 is 2.58 bits per heavy atom. The van der Waals surface area contributed by atoms with Crippen molar-refractivity contribution in [3.8, 4) is 6.07 Å². The van der Waals surface area contributed by atoms with Crippen LogP contribution in [0.15, 0.2) is 0 Å². The van der Waals surface area contributed by atoms with Gasteiger partial charge >= 0.3 is 12.1 Å². The van der Waals surface area contributed by atoms with E-state index >= 15 is 0 Å². The number of carbonyl (C=O) groups is 2. The van der Waals surface area contributed by atoms with Crippen LogP contribution < -0.4 is 0 Å². The van der Waals surface area contributed by atoms with Crippen LogP contribution in [0, 0.1) is 23.2 Å². The molecule has 0 bridgehead atoms. The first-order valence-electron chi connectivity index (χ1n) is 6.32. The topological polar surface area (TPSA) is 90.6 Å². The van der Waals surface area contributed by atoms with Crippen molar-refractivity contribution >= 4 is 12.1 Å². The summed E-state index contributed by atoms with van der Waals surface area (Å²) in [6.45, 7) is 5.84. The van der Waals surface area contributed by atoms with Crippen molar-refractivity contribution < 1.29 is 19.4 Å². The minimum Gasteiger partial charge on any atom is -0.481 e. The highest BCUT2D eigenvalue weighted by Gasteiger charge is 2.37. The molecule has 1 fully saturated rings. The SMILES string of the molecule is CC(C)(C)OC(=O)N1CC[C@@H](CC#N)[C@@H](C(=O)O)C1. The van der Waals surface area contributed by atoms with E-state index in [1.807, 2.05) is 6.07 Å². The van der Waals surface area contributed by atoms with Gasteiger partial charge < -0.3 is 14.7 Å². The zero-order valence-electron chi connectivity index (χ0n) is 11.5. The lowest BCUT2D eigenvalue weighted by atomic mass is 9.84. The third-order valence-corrected chi connectivity index (χ3v) is 3.08. The summed E-state index contributed by atoms with van der Waals surface area (Å²) in [7, 11) is 0. The summed E-state index contributed by atoms with van der Waals surface area (Å²) < 4.78 is 5.23. The van der Waals surface area contributed by atoms with E-state index in [9.17, 15) is 14.7 Å². The number of rotatable bonds is 2. The largest absolute Gasteiger partial charge is 0.481 e. The molecule has 0 radical (unpaired) electrons. The number of amides is 1. The van der Waals surface area contributed by atoms with Gasteiger partial charge in [-0.3, -0.25) is 4.79 Å². The van der Waals surface area contributed by atoms with Crippen LogP contribution in [-0.4, -0.2) is 40.8 Å². The third kappa shape index (κ3) is 4.43. The highest BCUT2D eigenvalue weighted by atomic mass is 16.6. The number of carboxylic acids is 1. The van der Waals surface area contributed by atoms with Crippen molar-refractivity contribution in [1.29, 1.82) is 5.26 Å². The first-order valence-corrected chi connectivity index (χ1v) is 6.32. The number of hydrogen-bond donors (Lipinski definition) is 1. The molecule has 1 aliphatic heterocycles. The van der Waals surface area contributed by atoms with E-state index in [4.69, 9.17) is 10.00 Å². The van der Waals surface area contributed by atoms with Gasteiger partial charge in [-0.1, -0.05) is 0 Å². The Morgan fingerprint density at radius 1 is 1.47 bits per heavy atom. The summed E-state index contributed by atoms with van der Waals surface area (Å²) in [5.41, 5.74) is -0.598. The summed E-state index contributed by atoms with van der Waals surface area (Å²) in [5.74, 6) is -1.85. The second-order valence-electron chi connectivity index (χ2n) is 5.78. The van der Waals surface area contributed by atoms with E-state index in [2.05, 4.69) is 0 Å². The number of likely N-dealkylation sites (tertiary alicyclic amines) is 1. The molecule has 1 saturated heterocycles. The monoisotopic (exact) mass is 268 g/mol. The van der Waals surface area contributed by atoms with Crippen LogP contribution in [-0.2, 0) is 9.53 Å². The van der Waals surface area contributed by atoms with Gasteiger partial charge in [-0.25, -0.2) is 4.79 Å². The molecule has 2 atom stereocenters. The van der Waals surface area contributed by atoms with E-state index < -0.39 is 23.6 Å². The van der Waals surface area contributed by atoms with Crippen LogP contribution in [0.5, 0.6) is 0 Å². The summed E-state index contributed by atoms with van der Waals surface area (Å²) in [6.07, 6.45) is 0.234. The quantitative estimate of drug-likeness (QED) is 0.825. The van der Waals surface area contributed by atoms with Crippen molar-refractivity contribution in [2.45, 2.75) is 39.2 Å². The molecule has 0 aromatic heterocycles. The number of carboxylic acid groups (broad SMARTS) is 1. The highest BCUT2D eigenvalue weighted by Crippen LogP contribution is 2.27. The van der Waals surface area contributed by atoms with Gasteiger partial charge in [0.15, 0.2) is 0 Å². The number of piperidine rings is 1. The average Bonchev–Trinajstić information content (AvgIpc) is 2.27. The molecule has 19 heavy (non-hydrogen) atoms. The van der Waals surface area contributed by atoms with Crippen molar-refractivity contribution in [1.82, 2.24) is 4.90 Å². The molecule has 0 saturated carbocycles. The lowest BCUT2D eigenvalue weighted by Crippen LogP contribution is -2.48. The van der Waals surface area contributed by atoms with Crippen molar-refractivity contribution in [2.75, 3.05) is 13.1 Å². The van der Waals surface area contributed by atoms with Gasteiger partial charge in [0.2, 0.25) is 0 Å². The maximum Gasteiger partial charge on any atom is 0.410 e. The van der Waals surface area contributed by atoms with Gasteiger partial charge in [-0.2, -0.15) is 5.26 Å². The van der Waals surface area contributed by atoms with Crippen LogP contribution in [0.2, 0.25) is 0 Å². The van der Waals surface area contributed by atoms with Crippen LogP contribution >= 0.6 is 0 Å². The van der Waals surface area contributed by atoms with Gasteiger partial charge in [0.25, 0.3) is 0 Å². The molecule has 0 aromatic carbocycles. The van der Waals surface area contributed by atoms with Crippen molar-refractivity contribution in [3.05, 3.63) is 0 Å². The Balaban J connectivity index is 2.69. The van der Waals surface area contributed by atoms with Gasteiger partial charge in [0.05, 0.1) is 12.0 Å². The van der Waals surface area contributed by atoms with E-state index in [1.54, 1.807) is 20.8 Å². The van der Waals surface area contributed by atoms with Crippen LogP contribution in [0.3, 0.4) is 0 Å². The zero-order chi connectivity index (χ0) is 14.6. The maximum atomic E-state index is 11.9. The number of aliphatic carboxylic acids is 1. The maximum absolute atomic E-state index is 11.9. The Kier molecular flexibility index (Phi) is 4.76. The van der Waals surface area contributed by atoms with E-state index in [-0.39, 0.29) is 18.9 Å². The minimum atomic E-state index is -0.964. The smallest absolute Gasteiger partial charge is 0.410 e. The molecule has 6 heteroatoms. The second kappa shape index (κ2) is 5.91. The Hall–Kier alpha value is -1.77. The first-order chi connectivity index (χ1) is 8.74. The molecule has 0 spiro atoms.